The number of carbonyl (C=O) groups excluding carboxylic acids is 2. The van der Waals surface area contributed by atoms with Gasteiger partial charge < -0.3 is 10.1 Å². The summed E-state index contributed by atoms with van der Waals surface area (Å²) in [5, 5.41) is 6.27. The minimum absolute atomic E-state index is 0.267. The van der Waals surface area contributed by atoms with Gasteiger partial charge in [0.2, 0.25) is 0 Å². The molecule has 6 nitrogen and oxygen atoms in total. The molecule has 26 heavy (non-hydrogen) atoms. The number of carbonyl (C=O) groups is 2. The van der Waals surface area contributed by atoms with Crippen molar-refractivity contribution < 1.29 is 14.3 Å². The lowest BCUT2D eigenvalue weighted by Crippen LogP contribution is -2.11. The van der Waals surface area contributed by atoms with Crippen molar-refractivity contribution >= 4 is 49.4 Å². The Bertz CT molecular complexity index is 944. The average molecular weight is 432 g/mol. The summed E-state index contributed by atoms with van der Waals surface area (Å²) in [6.07, 6.45) is -0.622. The van der Waals surface area contributed by atoms with Gasteiger partial charge in [0.15, 0.2) is 5.13 Å². The third-order valence-corrected chi connectivity index (χ3v) is 4.76. The Labute approximate surface area is 162 Å². The maximum atomic E-state index is 12.6. The number of methoxy groups -OCH3 is 1. The van der Waals surface area contributed by atoms with Gasteiger partial charge in [-0.15, -0.1) is 0 Å². The lowest BCUT2D eigenvalue weighted by Gasteiger charge is -2.05. The van der Waals surface area contributed by atoms with Crippen LogP contribution in [0.2, 0.25) is 0 Å². The molecule has 2 N–H and O–H groups in total. The molecule has 132 valence electrons. The second-order valence-corrected chi connectivity index (χ2v) is 7.06. The molecule has 0 spiro atoms. The van der Waals surface area contributed by atoms with Gasteiger partial charge in [-0.25, -0.2) is 9.78 Å². The summed E-state index contributed by atoms with van der Waals surface area (Å²) < 4.78 is 5.41. The van der Waals surface area contributed by atoms with Gasteiger partial charge in [0.05, 0.1) is 7.11 Å². The van der Waals surface area contributed by atoms with Crippen LogP contribution in [0.15, 0.2) is 59.1 Å². The minimum Gasteiger partial charge on any atom is -0.453 e. The molecular weight excluding hydrogens is 418 g/mol. The Morgan fingerprint density at radius 3 is 2.54 bits per heavy atom. The van der Waals surface area contributed by atoms with E-state index < -0.39 is 6.09 Å². The van der Waals surface area contributed by atoms with Crippen LogP contribution in [0.25, 0.3) is 11.3 Å². The van der Waals surface area contributed by atoms with Crippen LogP contribution < -0.4 is 10.6 Å². The molecule has 0 bridgehead atoms. The number of aromatic nitrogens is 1. The van der Waals surface area contributed by atoms with Gasteiger partial charge in [-0.05, 0) is 18.2 Å². The molecule has 2 aromatic carbocycles. The van der Waals surface area contributed by atoms with Crippen LogP contribution in [0, 0.1) is 0 Å². The quantitative estimate of drug-likeness (QED) is 0.608. The van der Waals surface area contributed by atoms with Gasteiger partial charge in [-0.2, -0.15) is 0 Å². The van der Waals surface area contributed by atoms with Crippen molar-refractivity contribution in [3.8, 4) is 11.3 Å². The predicted molar refractivity (Wildman–Crippen MR) is 106 cm³/mol. The Morgan fingerprint density at radius 1 is 1.08 bits per heavy atom. The third kappa shape index (κ3) is 4.27. The number of hydrogen-bond donors (Lipinski definition) is 2. The van der Waals surface area contributed by atoms with Crippen LogP contribution in [0.4, 0.5) is 14.9 Å². The number of rotatable bonds is 4. The smallest absolute Gasteiger partial charge is 0.413 e. The number of anilines is 2. The van der Waals surface area contributed by atoms with Crippen molar-refractivity contribution in [3.63, 3.8) is 0 Å². The molecule has 1 aromatic heterocycles. The maximum absolute atomic E-state index is 12.6. The van der Waals surface area contributed by atoms with Gasteiger partial charge in [0.1, 0.15) is 10.7 Å². The van der Waals surface area contributed by atoms with Crippen LogP contribution >= 0.6 is 27.3 Å². The van der Waals surface area contributed by atoms with Crippen molar-refractivity contribution in [2.75, 3.05) is 17.7 Å². The highest BCUT2D eigenvalue weighted by Gasteiger charge is 2.18. The van der Waals surface area contributed by atoms with E-state index in [9.17, 15) is 9.59 Å². The van der Waals surface area contributed by atoms with E-state index in [4.69, 9.17) is 0 Å². The van der Waals surface area contributed by atoms with E-state index >= 15 is 0 Å². The fraction of sp³-hybridized carbons (Fsp3) is 0.0556. The van der Waals surface area contributed by atoms with E-state index in [1.807, 2.05) is 36.4 Å². The molecular formula is C18H14BrN3O3S. The van der Waals surface area contributed by atoms with Crippen LogP contribution in [-0.4, -0.2) is 24.1 Å². The van der Waals surface area contributed by atoms with E-state index in [2.05, 4.69) is 36.3 Å². The second-order valence-electron chi connectivity index (χ2n) is 5.14. The third-order valence-electron chi connectivity index (χ3n) is 3.38. The van der Waals surface area contributed by atoms with Gasteiger partial charge in [0, 0.05) is 15.6 Å². The summed E-state index contributed by atoms with van der Waals surface area (Å²) in [5.41, 5.74) is 1.91. The van der Waals surface area contributed by atoms with Gasteiger partial charge in [-0.3, -0.25) is 10.1 Å². The van der Waals surface area contributed by atoms with Crippen LogP contribution in [0.5, 0.6) is 0 Å². The predicted octanol–water partition coefficient (Wildman–Crippen LogP) is 5.00. The van der Waals surface area contributed by atoms with Crippen LogP contribution in [0.3, 0.4) is 0 Å². The normalized spacial score (nSPS) is 10.2. The maximum Gasteiger partial charge on any atom is 0.413 e. The first-order valence-corrected chi connectivity index (χ1v) is 9.16. The van der Waals surface area contributed by atoms with E-state index in [1.54, 1.807) is 18.2 Å². The summed E-state index contributed by atoms with van der Waals surface area (Å²) >= 11 is 4.51. The zero-order valence-corrected chi connectivity index (χ0v) is 16.1. The summed E-state index contributed by atoms with van der Waals surface area (Å²) in [5.74, 6) is -0.267. The molecule has 0 atom stereocenters. The zero-order valence-electron chi connectivity index (χ0n) is 13.7. The average Bonchev–Trinajstić information content (AvgIpc) is 3.04. The summed E-state index contributed by atoms with van der Waals surface area (Å²) in [6, 6.07) is 16.5. The molecule has 0 unspecified atom stereocenters. The number of hydrogen-bond acceptors (Lipinski definition) is 5. The van der Waals surface area contributed by atoms with Crippen LogP contribution in [0.1, 0.15) is 10.4 Å². The second kappa shape index (κ2) is 8.11. The van der Waals surface area contributed by atoms with E-state index in [0.29, 0.717) is 21.4 Å². The van der Waals surface area contributed by atoms with Crippen LogP contribution in [-0.2, 0) is 4.74 Å². The summed E-state index contributed by atoms with van der Waals surface area (Å²) in [7, 11) is 1.27. The Morgan fingerprint density at radius 2 is 1.85 bits per heavy atom. The number of halogens is 1. The van der Waals surface area contributed by atoms with E-state index in [1.165, 1.54) is 7.11 Å². The number of thiazole rings is 1. The fourth-order valence-electron chi connectivity index (χ4n) is 2.19. The number of benzene rings is 2. The minimum atomic E-state index is -0.622. The zero-order chi connectivity index (χ0) is 18.5. The molecule has 0 radical (unpaired) electrons. The number of ether oxygens (including phenoxy) is 1. The largest absolute Gasteiger partial charge is 0.453 e. The number of nitrogens with one attached hydrogen (secondary N) is 2. The Kier molecular flexibility index (Phi) is 5.65. The first-order chi connectivity index (χ1) is 12.6. The summed E-state index contributed by atoms with van der Waals surface area (Å²) in [6.45, 7) is 0. The fourth-order valence-corrected chi connectivity index (χ4v) is 3.46. The van der Waals surface area contributed by atoms with Gasteiger partial charge in [-0.1, -0.05) is 63.7 Å². The summed E-state index contributed by atoms with van der Waals surface area (Å²) in [4.78, 5) is 28.4. The molecule has 0 aliphatic carbocycles. The highest BCUT2D eigenvalue weighted by Crippen LogP contribution is 2.36. The molecule has 8 heteroatoms. The number of nitrogens with zero attached hydrogens (tertiary/aromatic N) is 1. The molecule has 0 fully saturated rings. The molecule has 0 saturated heterocycles. The molecule has 3 aromatic rings. The lowest BCUT2D eigenvalue weighted by molar-refractivity contribution is 0.102. The molecule has 0 saturated carbocycles. The molecule has 2 amide bonds. The van der Waals surface area contributed by atoms with Crippen molar-refractivity contribution in [1.29, 1.82) is 0 Å². The molecule has 0 aliphatic rings. The Hall–Kier alpha value is -2.71. The van der Waals surface area contributed by atoms with Gasteiger partial charge >= 0.3 is 6.09 Å². The highest BCUT2D eigenvalue weighted by atomic mass is 79.9. The molecule has 3 rings (SSSR count). The van der Waals surface area contributed by atoms with Crippen molar-refractivity contribution in [1.82, 2.24) is 4.98 Å². The highest BCUT2D eigenvalue weighted by molar-refractivity contribution is 9.10. The van der Waals surface area contributed by atoms with Crippen molar-refractivity contribution in [3.05, 3.63) is 64.6 Å². The topological polar surface area (TPSA) is 80.3 Å². The SMILES string of the molecule is COC(=O)Nc1nc(-c2ccccc2)c(NC(=O)c2cccc(Br)c2)s1. The van der Waals surface area contributed by atoms with E-state index in [0.717, 1.165) is 21.4 Å². The standard InChI is InChI=1S/C18H14BrN3O3S/c1-25-18(24)22-17-20-14(11-6-3-2-4-7-11)16(26-17)21-15(23)12-8-5-9-13(19)10-12/h2-10H,1H3,(H,21,23)(H,20,22,24). The lowest BCUT2D eigenvalue weighted by atomic mass is 10.1. The van der Waals surface area contributed by atoms with Gasteiger partial charge in [0.25, 0.3) is 5.91 Å². The van der Waals surface area contributed by atoms with E-state index in [-0.39, 0.29) is 5.91 Å². The Balaban J connectivity index is 1.93. The molecule has 0 aliphatic heterocycles. The molecule has 1 heterocycles. The first kappa shape index (κ1) is 18.1. The number of amides is 2. The van der Waals surface area contributed by atoms with Crippen molar-refractivity contribution in [2.24, 2.45) is 0 Å². The monoisotopic (exact) mass is 431 g/mol. The first-order valence-electron chi connectivity index (χ1n) is 7.55. The van der Waals surface area contributed by atoms with Crippen molar-refractivity contribution in [2.45, 2.75) is 0 Å².